The Bertz CT molecular complexity index is 545. The molecular weight excluding hydrogens is 310 g/mol. The van der Waals surface area contributed by atoms with Gasteiger partial charge in [-0.15, -0.1) is 0 Å². The van der Waals surface area contributed by atoms with Gasteiger partial charge in [0.2, 0.25) is 5.91 Å². The van der Waals surface area contributed by atoms with Gasteiger partial charge in [0.25, 0.3) is 0 Å². The number of nitrogens with zero attached hydrogens (tertiary/aromatic N) is 2. The van der Waals surface area contributed by atoms with Gasteiger partial charge in [0.15, 0.2) is 0 Å². The molecule has 1 aromatic rings. The Morgan fingerprint density at radius 3 is 2.87 bits per heavy atom. The second kappa shape index (κ2) is 7.65. The standard InChI is InChI=1S/C18H26ClN3O/c1-21(17-5-8-20-9-6-17)13-18(23)22-10-7-15(12-22)14-3-2-4-16(19)11-14/h2-4,11,15,17,20H,5-10,12-13H2,1H3/t15-/m0/s1. The minimum absolute atomic E-state index is 0.260. The van der Waals surface area contributed by atoms with E-state index in [1.54, 1.807) is 0 Å². The summed E-state index contributed by atoms with van der Waals surface area (Å²) in [5, 5.41) is 4.15. The molecule has 3 rings (SSSR count). The Labute approximate surface area is 143 Å². The van der Waals surface area contributed by atoms with Gasteiger partial charge in [0, 0.05) is 30.1 Å². The van der Waals surface area contributed by atoms with E-state index in [9.17, 15) is 4.79 Å². The number of hydrogen-bond acceptors (Lipinski definition) is 3. The van der Waals surface area contributed by atoms with Crippen LogP contribution in [0.3, 0.4) is 0 Å². The highest BCUT2D eigenvalue weighted by molar-refractivity contribution is 6.30. The monoisotopic (exact) mass is 335 g/mol. The molecule has 0 bridgehead atoms. The summed E-state index contributed by atoms with van der Waals surface area (Å²) in [6.45, 7) is 4.33. The number of halogens is 1. The van der Waals surface area contributed by atoms with E-state index in [4.69, 9.17) is 11.6 Å². The number of piperidine rings is 1. The van der Waals surface area contributed by atoms with Crippen LogP contribution in [0.4, 0.5) is 0 Å². The van der Waals surface area contributed by atoms with Crippen molar-refractivity contribution < 1.29 is 4.79 Å². The maximum atomic E-state index is 12.6. The fourth-order valence-corrected chi connectivity index (χ4v) is 3.91. The van der Waals surface area contributed by atoms with Crippen LogP contribution in [-0.4, -0.2) is 61.5 Å². The first-order valence-corrected chi connectivity index (χ1v) is 8.95. The number of nitrogens with one attached hydrogen (secondary N) is 1. The smallest absolute Gasteiger partial charge is 0.236 e. The maximum absolute atomic E-state index is 12.6. The lowest BCUT2D eigenvalue weighted by molar-refractivity contribution is -0.131. The van der Waals surface area contributed by atoms with Crippen molar-refractivity contribution in [2.24, 2.45) is 0 Å². The van der Waals surface area contributed by atoms with Crippen LogP contribution in [0, 0.1) is 0 Å². The molecule has 2 aliphatic heterocycles. The molecule has 1 N–H and O–H groups in total. The van der Waals surface area contributed by atoms with Gasteiger partial charge in [0.1, 0.15) is 0 Å². The lowest BCUT2D eigenvalue weighted by Crippen LogP contribution is -2.46. The lowest BCUT2D eigenvalue weighted by atomic mass is 9.99. The van der Waals surface area contributed by atoms with Crippen LogP contribution in [0.2, 0.25) is 5.02 Å². The number of benzene rings is 1. The van der Waals surface area contributed by atoms with Crippen molar-refractivity contribution in [2.75, 3.05) is 39.8 Å². The van der Waals surface area contributed by atoms with Crippen molar-refractivity contribution in [3.05, 3.63) is 34.9 Å². The number of hydrogen-bond donors (Lipinski definition) is 1. The Balaban J connectivity index is 1.53. The summed E-state index contributed by atoms with van der Waals surface area (Å²) in [6, 6.07) is 8.57. The van der Waals surface area contributed by atoms with Crippen molar-refractivity contribution in [3.8, 4) is 0 Å². The first-order valence-electron chi connectivity index (χ1n) is 8.57. The first kappa shape index (κ1) is 16.7. The molecular formula is C18H26ClN3O. The molecule has 0 radical (unpaired) electrons. The lowest BCUT2D eigenvalue weighted by Gasteiger charge is -2.32. The van der Waals surface area contributed by atoms with Crippen LogP contribution in [0.15, 0.2) is 24.3 Å². The highest BCUT2D eigenvalue weighted by Gasteiger charge is 2.29. The molecule has 1 amide bonds. The number of carbonyl (C=O) groups excluding carboxylic acids is 1. The molecule has 0 saturated carbocycles. The summed E-state index contributed by atoms with van der Waals surface area (Å²) in [4.78, 5) is 16.8. The second-order valence-corrected chi connectivity index (χ2v) is 7.21. The average Bonchev–Trinajstić information content (AvgIpc) is 3.06. The van der Waals surface area contributed by atoms with Gasteiger partial charge in [-0.3, -0.25) is 9.69 Å². The Morgan fingerprint density at radius 2 is 2.13 bits per heavy atom. The molecule has 0 aliphatic carbocycles. The Kier molecular flexibility index (Phi) is 5.57. The molecule has 5 heteroatoms. The van der Waals surface area contributed by atoms with E-state index in [0.29, 0.717) is 18.5 Å². The van der Waals surface area contributed by atoms with E-state index in [0.717, 1.165) is 50.5 Å². The van der Waals surface area contributed by atoms with E-state index < -0.39 is 0 Å². The largest absolute Gasteiger partial charge is 0.341 e. The number of amides is 1. The molecule has 23 heavy (non-hydrogen) atoms. The highest BCUT2D eigenvalue weighted by Crippen LogP contribution is 2.28. The van der Waals surface area contributed by atoms with Crippen molar-refractivity contribution in [2.45, 2.75) is 31.2 Å². The zero-order chi connectivity index (χ0) is 16.2. The SMILES string of the molecule is CN(CC(=O)N1CC[C@H](c2cccc(Cl)c2)C1)C1CCNCC1. The topological polar surface area (TPSA) is 35.6 Å². The first-order chi connectivity index (χ1) is 11.1. The van der Waals surface area contributed by atoms with Crippen molar-refractivity contribution in [1.29, 1.82) is 0 Å². The molecule has 2 aliphatic rings. The van der Waals surface area contributed by atoms with Crippen LogP contribution < -0.4 is 5.32 Å². The van der Waals surface area contributed by atoms with Gasteiger partial charge in [-0.1, -0.05) is 23.7 Å². The fourth-order valence-electron chi connectivity index (χ4n) is 3.71. The maximum Gasteiger partial charge on any atom is 0.236 e. The summed E-state index contributed by atoms with van der Waals surface area (Å²) >= 11 is 6.08. The van der Waals surface area contributed by atoms with Gasteiger partial charge in [-0.05, 0) is 57.1 Å². The summed E-state index contributed by atoms with van der Waals surface area (Å²) < 4.78 is 0. The van der Waals surface area contributed by atoms with Crippen LogP contribution in [0.1, 0.15) is 30.7 Å². The Morgan fingerprint density at radius 1 is 1.35 bits per heavy atom. The Hall–Kier alpha value is -1.10. The normalized spacial score (nSPS) is 22.7. The van der Waals surface area contributed by atoms with Crippen molar-refractivity contribution in [3.63, 3.8) is 0 Å². The minimum atomic E-state index is 0.260. The van der Waals surface area contributed by atoms with Gasteiger partial charge in [0.05, 0.1) is 6.54 Å². The summed E-state index contributed by atoms with van der Waals surface area (Å²) in [5.41, 5.74) is 1.25. The van der Waals surface area contributed by atoms with Gasteiger partial charge in [-0.2, -0.15) is 0 Å². The number of rotatable bonds is 4. The zero-order valence-corrected chi connectivity index (χ0v) is 14.6. The molecule has 1 atom stereocenters. The summed E-state index contributed by atoms with van der Waals surface area (Å²) in [7, 11) is 2.08. The summed E-state index contributed by atoms with van der Waals surface area (Å²) in [6.07, 6.45) is 3.30. The van der Waals surface area contributed by atoms with E-state index in [1.807, 2.05) is 23.1 Å². The van der Waals surface area contributed by atoms with Crippen LogP contribution >= 0.6 is 11.6 Å². The minimum Gasteiger partial charge on any atom is -0.341 e. The third-order valence-electron chi connectivity index (χ3n) is 5.18. The molecule has 2 heterocycles. The van der Waals surface area contributed by atoms with Crippen LogP contribution in [-0.2, 0) is 4.79 Å². The van der Waals surface area contributed by atoms with Crippen molar-refractivity contribution >= 4 is 17.5 Å². The van der Waals surface area contributed by atoms with Crippen LogP contribution in [0.25, 0.3) is 0 Å². The van der Waals surface area contributed by atoms with Crippen LogP contribution in [0.5, 0.6) is 0 Å². The second-order valence-electron chi connectivity index (χ2n) is 6.78. The number of carbonyl (C=O) groups is 1. The third-order valence-corrected chi connectivity index (χ3v) is 5.41. The van der Waals surface area contributed by atoms with Gasteiger partial charge >= 0.3 is 0 Å². The molecule has 0 spiro atoms. The molecule has 2 saturated heterocycles. The molecule has 0 unspecified atom stereocenters. The van der Waals surface area contributed by atoms with Gasteiger partial charge in [-0.25, -0.2) is 0 Å². The molecule has 1 aromatic carbocycles. The molecule has 126 valence electrons. The average molecular weight is 336 g/mol. The number of likely N-dealkylation sites (tertiary alicyclic amines) is 1. The van der Waals surface area contributed by atoms with Gasteiger partial charge < -0.3 is 10.2 Å². The molecule has 2 fully saturated rings. The fraction of sp³-hybridized carbons (Fsp3) is 0.611. The third kappa shape index (κ3) is 4.25. The predicted octanol–water partition coefficient (Wildman–Crippen LogP) is 2.34. The quantitative estimate of drug-likeness (QED) is 0.917. The summed E-state index contributed by atoms with van der Waals surface area (Å²) in [5.74, 6) is 0.678. The molecule has 4 nitrogen and oxygen atoms in total. The highest BCUT2D eigenvalue weighted by atomic mass is 35.5. The zero-order valence-electron chi connectivity index (χ0n) is 13.8. The van der Waals surface area contributed by atoms with E-state index >= 15 is 0 Å². The molecule has 0 aromatic heterocycles. The number of likely N-dealkylation sites (N-methyl/N-ethyl adjacent to an activating group) is 1. The van der Waals surface area contributed by atoms with E-state index in [1.165, 1.54) is 5.56 Å². The van der Waals surface area contributed by atoms with E-state index in [-0.39, 0.29) is 5.91 Å². The van der Waals surface area contributed by atoms with E-state index in [2.05, 4.69) is 23.3 Å². The van der Waals surface area contributed by atoms with Crippen molar-refractivity contribution in [1.82, 2.24) is 15.1 Å². The predicted molar refractivity (Wildman–Crippen MR) is 93.9 cm³/mol.